The number of carbonyl (C=O) groups excluding carboxylic acids is 3. The van der Waals surface area contributed by atoms with Crippen LogP contribution in [0.15, 0.2) is 10.9 Å². The summed E-state index contributed by atoms with van der Waals surface area (Å²) in [6.07, 6.45) is 1.86. The highest BCUT2D eigenvalue weighted by molar-refractivity contribution is 5.87. The number of ketones is 1. The molecule has 3 atom stereocenters. The van der Waals surface area contributed by atoms with Gasteiger partial charge in [-0.25, -0.2) is 14.6 Å². The number of hydrogen-bond donors (Lipinski definition) is 4. The van der Waals surface area contributed by atoms with Crippen LogP contribution in [0.4, 0.5) is 15.5 Å². The number of Topliss-reactive ketones (excluding diaryl/α,β-unsaturated/α-hetero) is 1. The molecule has 1 aromatic heterocycles. The molecule has 0 aliphatic carbocycles. The summed E-state index contributed by atoms with van der Waals surface area (Å²) in [6, 6.07) is 0.903. The van der Waals surface area contributed by atoms with Crippen LogP contribution in [0.2, 0.25) is 0 Å². The maximum Gasteiger partial charge on any atom is 0.407 e. The summed E-state index contributed by atoms with van der Waals surface area (Å²) < 4.78 is 11.7. The van der Waals surface area contributed by atoms with Crippen molar-refractivity contribution in [1.82, 2.24) is 20.6 Å². The molecule has 0 radical (unpaired) electrons. The van der Waals surface area contributed by atoms with Crippen molar-refractivity contribution in [2.45, 2.75) is 112 Å². The smallest absolute Gasteiger partial charge is 0.407 e. The van der Waals surface area contributed by atoms with Crippen molar-refractivity contribution < 1.29 is 23.9 Å². The molecular weight excluding hydrogens is 502 g/mol. The van der Waals surface area contributed by atoms with E-state index in [9.17, 15) is 19.2 Å². The van der Waals surface area contributed by atoms with Crippen molar-refractivity contribution in [3.8, 4) is 0 Å². The third-order valence-electron chi connectivity index (χ3n) is 6.83. The second kappa shape index (κ2) is 14.4. The van der Waals surface area contributed by atoms with Gasteiger partial charge < -0.3 is 20.1 Å². The number of aromatic amines is 1. The lowest BCUT2D eigenvalue weighted by molar-refractivity contribution is -0.148. The zero-order valence-electron chi connectivity index (χ0n) is 25.4. The van der Waals surface area contributed by atoms with E-state index >= 15 is 0 Å². The van der Waals surface area contributed by atoms with Crippen molar-refractivity contribution in [1.29, 1.82) is 0 Å². The lowest BCUT2D eigenvalue weighted by atomic mass is 9.80. The van der Waals surface area contributed by atoms with Crippen LogP contribution in [0.5, 0.6) is 0 Å². The lowest BCUT2D eigenvalue weighted by Crippen LogP contribution is -2.43. The molecule has 0 saturated carbocycles. The molecule has 1 rings (SSSR count). The Hall–Kier alpha value is -2.95. The molecule has 0 fully saturated rings. The Bertz CT molecular complexity index is 1040. The molecule has 11 heteroatoms. The number of urea groups is 1. The third-order valence-corrected chi connectivity index (χ3v) is 6.83. The molecule has 39 heavy (non-hydrogen) atoms. The first-order chi connectivity index (χ1) is 17.9. The van der Waals surface area contributed by atoms with Crippen LogP contribution < -0.4 is 21.5 Å². The lowest BCUT2D eigenvalue weighted by Gasteiger charge is -2.34. The number of amides is 3. The molecule has 1 aromatic rings. The quantitative estimate of drug-likeness (QED) is 0.247. The molecule has 11 nitrogen and oxygen atoms in total. The number of rotatable bonds is 15. The van der Waals surface area contributed by atoms with Gasteiger partial charge in [0.2, 0.25) is 5.95 Å². The van der Waals surface area contributed by atoms with Crippen molar-refractivity contribution in [3.63, 3.8) is 0 Å². The molecule has 0 spiro atoms. The molecule has 0 aromatic carbocycles. The fourth-order valence-corrected chi connectivity index (χ4v) is 4.43. The van der Waals surface area contributed by atoms with E-state index in [1.165, 1.54) is 13.0 Å². The predicted molar refractivity (Wildman–Crippen MR) is 152 cm³/mol. The highest BCUT2D eigenvalue weighted by Crippen LogP contribution is 2.29. The predicted octanol–water partition coefficient (Wildman–Crippen LogP) is 4.70. The summed E-state index contributed by atoms with van der Waals surface area (Å²) in [5.41, 5.74) is -1.53. The van der Waals surface area contributed by atoms with Crippen LogP contribution in [0.1, 0.15) is 93.7 Å². The van der Waals surface area contributed by atoms with Gasteiger partial charge in [0.15, 0.2) is 5.78 Å². The van der Waals surface area contributed by atoms with E-state index in [0.717, 1.165) is 12.8 Å². The molecule has 0 saturated heterocycles. The van der Waals surface area contributed by atoms with Crippen LogP contribution in [0, 0.1) is 18.3 Å². The van der Waals surface area contributed by atoms with E-state index in [0.29, 0.717) is 31.6 Å². The number of anilines is 1. The van der Waals surface area contributed by atoms with Gasteiger partial charge in [-0.15, -0.1) is 0 Å². The van der Waals surface area contributed by atoms with Gasteiger partial charge >= 0.3 is 12.1 Å². The summed E-state index contributed by atoms with van der Waals surface area (Å²) >= 11 is 0. The minimum atomic E-state index is -0.892. The summed E-state index contributed by atoms with van der Waals surface area (Å²) in [7, 11) is 0. The van der Waals surface area contributed by atoms with Gasteiger partial charge in [0, 0.05) is 31.3 Å². The molecule has 3 unspecified atom stereocenters. The van der Waals surface area contributed by atoms with E-state index < -0.39 is 23.3 Å². The monoisotopic (exact) mass is 551 g/mol. The summed E-state index contributed by atoms with van der Waals surface area (Å²) in [4.78, 5) is 54.6. The minimum Gasteiger partial charge on any atom is -0.443 e. The number of ether oxygens (including phenoxy) is 2. The second-order valence-electron chi connectivity index (χ2n) is 12.1. The average molecular weight is 552 g/mol. The molecule has 222 valence electrons. The Kier molecular flexibility index (Phi) is 12.6. The molecule has 0 aliphatic heterocycles. The van der Waals surface area contributed by atoms with Crippen LogP contribution in [-0.4, -0.2) is 58.3 Å². The van der Waals surface area contributed by atoms with Crippen LogP contribution >= 0.6 is 0 Å². The summed E-state index contributed by atoms with van der Waals surface area (Å²) in [6.45, 7) is 19.5. The Morgan fingerprint density at radius 3 is 2.28 bits per heavy atom. The maximum atomic E-state index is 12.6. The highest BCUT2D eigenvalue weighted by Gasteiger charge is 2.34. The van der Waals surface area contributed by atoms with Crippen molar-refractivity contribution in [3.05, 3.63) is 22.1 Å². The number of aromatic nitrogens is 2. The SMILES string of the molecule is CCC(C)(CC(C)OC(C)(C)C(C)=O)OC(=O)NCCC(C)(C)CC(C)CNC(=O)Nc1nc(C)cc(=O)[nH]1. The Labute approximate surface area is 232 Å². The minimum absolute atomic E-state index is 0.0562. The molecule has 3 amide bonds. The van der Waals surface area contributed by atoms with Gasteiger partial charge in [0.25, 0.3) is 5.56 Å². The van der Waals surface area contributed by atoms with Crippen molar-refractivity contribution in [2.24, 2.45) is 11.3 Å². The Morgan fingerprint density at radius 1 is 1.08 bits per heavy atom. The number of carbonyl (C=O) groups is 3. The van der Waals surface area contributed by atoms with E-state index in [4.69, 9.17) is 9.47 Å². The zero-order chi connectivity index (χ0) is 30.0. The Morgan fingerprint density at radius 2 is 1.72 bits per heavy atom. The molecule has 0 aliphatic rings. The first-order valence-corrected chi connectivity index (χ1v) is 13.6. The fourth-order valence-electron chi connectivity index (χ4n) is 4.43. The van der Waals surface area contributed by atoms with Gasteiger partial charge in [-0.05, 0) is 72.1 Å². The van der Waals surface area contributed by atoms with E-state index in [1.54, 1.807) is 20.8 Å². The van der Waals surface area contributed by atoms with Gasteiger partial charge in [-0.3, -0.25) is 19.9 Å². The number of alkyl carbamates (subject to hydrolysis) is 1. The van der Waals surface area contributed by atoms with Gasteiger partial charge in [0.1, 0.15) is 11.2 Å². The van der Waals surface area contributed by atoms with Crippen LogP contribution in [0.3, 0.4) is 0 Å². The highest BCUT2D eigenvalue weighted by atomic mass is 16.6. The first kappa shape index (κ1) is 34.1. The Balaban J connectivity index is 2.46. The zero-order valence-corrected chi connectivity index (χ0v) is 25.4. The largest absolute Gasteiger partial charge is 0.443 e. The summed E-state index contributed by atoms with van der Waals surface area (Å²) in [5.74, 6) is 0.218. The molecule has 0 bridgehead atoms. The second-order valence-corrected chi connectivity index (χ2v) is 12.1. The van der Waals surface area contributed by atoms with Gasteiger partial charge in [-0.2, -0.15) is 0 Å². The van der Waals surface area contributed by atoms with E-state index in [-0.39, 0.29) is 34.7 Å². The molecule has 1 heterocycles. The first-order valence-electron chi connectivity index (χ1n) is 13.6. The van der Waals surface area contributed by atoms with Crippen molar-refractivity contribution >= 4 is 23.9 Å². The maximum absolute atomic E-state index is 12.6. The third kappa shape index (κ3) is 13.1. The van der Waals surface area contributed by atoms with Gasteiger partial charge in [0.05, 0.1) is 6.10 Å². The van der Waals surface area contributed by atoms with Crippen molar-refractivity contribution in [2.75, 3.05) is 18.4 Å². The number of H-pyrrole nitrogens is 1. The van der Waals surface area contributed by atoms with Crippen LogP contribution in [-0.2, 0) is 14.3 Å². The number of aryl methyl sites for hydroxylation is 1. The topological polar surface area (TPSA) is 152 Å². The van der Waals surface area contributed by atoms with E-state index in [1.807, 2.05) is 27.7 Å². The van der Waals surface area contributed by atoms with Crippen LogP contribution in [0.25, 0.3) is 0 Å². The van der Waals surface area contributed by atoms with Gasteiger partial charge in [-0.1, -0.05) is 27.7 Å². The number of nitrogens with one attached hydrogen (secondary N) is 4. The number of hydrogen-bond acceptors (Lipinski definition) is 7. The molecule has 4 N–H and O–H groups in total. The standard InChI is InChI=1S/C28H49N5O6/c1-11-28(10,16-20(4)38-27(8,9)21(5)34)39-25(37)29-13-12-26(6,7)15-18(2)17-30-24(36)33-23-31-19(3)14-22(35)32-23/h14,18,20H,11-13,15-17H2,1-10H3,(H,29,37)(H3,30,31,32,33,35,36). The fraction of sp³-hybridized carbons (Fsp3) is 0.750. The number of nitrogens with zero attached hydrogens (tertiary/aromatic N) is 1. The van der Waals surface area contributed by atoms with E-state index in [2.05, 4.69) is 39.8 Å². The summed E-state index contributed by atoms with van der Waals surface area (Å²) in [5, 5.41) is 8.20. The molecular formula is C28H49N5O6. The average Bonchev–Trinajstić information content (AvgIpc) is 2.75. The normalized spacial score (nSPS) is 15.0.